The van der Waals surface area contributed by atoms with Crippen molar-refractivity contribution in [3.8, 4) is 0 Å². The number of hydrogen-bond donors (Lipinski definition) is 1. The zero-order chi connectivity index (χ0) is 19.4. The van der Waals surface area contributed by atoms with E-state index in [1.165, 1.54) is 6.92 Å². The summed E-state index contributed by atoms with van der Waals surface area (Å²) in [5.41, 5.74) is 4.14. The van der Waals surface area contributed by atoms with E-state index in [1.54, 1.807) is 17.0 Å². The first-order valence-electron chi connectivity index (χ1n) is 8.30. The van der Waals surface area contributed by atoms with E-state index in [2.05, 4.69) is 5.32 Å². The van der Waals surface area contributed by atoms with Gasteiger partial charge in [0.2, 0.25) is 11.8 Å². The lowest BCUT2D eigenvalue weighted by molar-refractivity contribution is -0.117. The zero-order valence-electron chi connectivity index (χ0n) is 15.3. The minimum atomic E-state index is -0.197. The number of amides is 2. The fourth-order valence-corrected chi connectivity index (χ4v) is 3.39. The Morgan fingerprint density at radius 1 is 1.00 bits per heavy atom. The van der Waals surface area contributed by atoms with Crippen molar-refractivity contribution in [2.45, 2.75) is 34.1 Å². The van der Waals surface area contributed by atoms with Gasteiger partial charge in [0.25, 0.3) is 0 Å². The minimum absolute atomic E-state index is 0.148. The van der Waals surface area contributed by atoms with E-state index < -0.39 is 0 Å². The number of rotatable bonds is 5. The molecular weight excluding hydrogens is 371 g/mol. The highest BCUT2D eigenvalue weighted by Gasteiger charge is 2.19. The molecule has 0 unspecified atom stereocenters. The first-order chi connectivity index (χ1) is 12.2. The van der Waals surface area contributed by atoms with Crippen molar-refractivity contribution in [2.24, 2.45) is 0 Å². The molecule has 0 bridgehead atoms. The highest BCUT2D eigenvalue weighted by atomic mass is 35.5. The lowest BCUT2D eigenvalue weighted by Crippen LogP contribution is -2.32. The molecular formula is C20H22Cl2N2O2. The number of halogens is 2. The second kappa shape index (κ2) is 8.56. The third-order valence-corrected chi connectivity index (χ3v) is 4.76. The van der Waals surface area contributed by atoms with E-state index in [4.69, 9.17) is 23.2 Å². The van der Waals surface area contributed by atoms with E-state index in [0.717, 1.165) is 16.7 Å². The molecule has 26 heavy (non-hydrogen) atoms. The molecule has 4 nitrogen and oxygen atoms in total. The van der Waals surface area contributed by atoms with Crippen LogP contribution in [-0.2, 0) is 9.59 Å². The average molecular weight is 393 g/mol. The van der Waals surface area contributed by atoms with Gasteiger partial charge in [-0.05, 0) is 55.7 Å². The summed E-state index contributed by atoms with van der Waals surface area (Å²) in [6.07, 6.45) is 0.148. The third kappa shape index (κ3) is 4.99. The quantitative estimate of drug-likeness (QED) is 0.749. The van der Waals surface area contributed by atoms with Crippen molar-refractivity contribution in [1.29, 1.82) is 0 Å². The first kappa shape index (κ1) is 20.3. The number of hydrogen-bond acceptors (Lipinski definition) is 2. The zero-order valence-corrected chi connectivity index (χ0v) is 16.8. The van der Waals surface area contributed by atoms with Crippen LogP contribution in [0.3, 0.4) is 0 Å². The van der Waals surface area contributed by atoms with Crippen LogP contribution in [0.5, 0.6) is 0 Å². The molecule has 0 heterocycles. The molecule has 2 amide bonds. The number of nitrogens with zero attached hydrogens (tertiary/aromatic N) is 1. The Balaban J connectivity index is 2.10. The Labute approximate surface area is 164 Å². The Morgan fingerprint density at radius 2 is 1.69 bits per heavy atom. The third-order valence-electron chi connectivity index (χ3n) is 4.07. The van der Waals surface area contributed by atoms with Crippen molar-refractivity contribution in [3.63, 3.8) is 0 Å². The second-order valence-electron chi connectivity index (χ2n) is 6.35. The number of carbonyl (C=O) groups is 2. The number of aryl methyl sites for hydroxylation is 3. The summed E-state index contributed by atoms with van der Waals surface area (Å²) in [7, 11) is 0. The summed E-state index contributed by atoms with van der Waals surface area (Å²) < 4.78 is 0. The summed E-state index contributed by atoms with van der Waals surface area (Å²) in [6.45, 7) is 7.45. The Bertz CT molecular complexity index is 827. The van der Waals surface area contributed by atoms with Crippen molar-refractivity contribution in [3.05, 3.63) is 57.1 Å². The summed E-state index contributed by atoms with van der Waals surface area (Å²) >= 11 is 12.4. The number of anilines is 2. The van der Waals surface area contributed by atoms with Crippen molar-refractivity contribution in [1.82, 2.24) is 0 Å². The van der Waals surface area contributed by atoms with E-state index >= 15 is 0 Å². The summed E-state index contributed by atoms with van der Waals surface area (Å²) in [6, 6.07) is 9.12. The molecule has 6 heteroatoms. The highest BCUT2D eigenvalue weighted by molar-refractivity contribution is 6.34. The normalized spacial score (nSPS) is 10.5. The molecule has 0 aliphatic heterocycles. The molecule has 0 aliphatic rings. The van der Waals surface area contributed by atoms with Gasteiger partial charge in [-0.2, -0.15) is 0 Å². The van der Waals surface area contributed by atoms with Crippen LogP contribution >= 0.6 is 23.2 Å². The second-order valence-corrected chi connectivity index (χ2v) is 7.16. The molecule has 2 rings (SSSR count). The first-order valence-corrected chi connectivity index (χ1v) is 9.05. The van der Waals surface area contributed by atoms with Gasteiger partial charge in [-0.3, -0.25) is 9.59 Å². The predicted molar refractivity (Wildman–Crippen MR) is 108 cm³/mol. The number of nitrogens with one attached hydrogen (secondary N) is 1. The van der Waals surface area contributed by atoms with E-state index in [9.17, 15) is 9.59 Å². The Morgan fingerprint density at radius 3 is 2.27 bits per heavy atom. The van der Waals surface area contributed by atoms with Crippen LogP contribution in [0, 0.1) is 20.8 Å². The van der Waals surface area contributed by atoms with Crippen molar-refractivity contribution >= 4 is 46.4 Å². The molecule has 2 aromatic carbocycles. The molecule has 0 spiro atoms. The van der Waals surface area contributed by atoms with Crippen LogP contribution in [0.1, 0.15) is 30.0 Å². The summed E-state index contributed by atoms with van der Waals surface area (Å²) in [5.74, 6) is -0.359. The molecule has 2 aromatic rings. The van der Waals surface area contributed by atoms with Gasteiger partial charge in [-0.25, -0.2) is 0 Å². The lowest BCUT2D eigenvalue weighted by Gasteiger charge is -2.24. The summed E-state index contributed by atoms with van der Waals surface area (Å²) in [4.78, 5) is 25.9. The molecule has 0 fully saturated rings. The van der Waals surface area contributed by atoms with E-state index in [1.807, 2.05) is 39.0 Å². The van der Waals surface area contributed by atoms with Crippen LogP contribution in [0.4, 0.5) is 11.4 Å². The molecule has 138 valence electrons. The highest BCUT2D eigenvalue weighted by Crippen LogP contribution is 2.31. The largest absolute Gasteiger partial charge is 0.326 e. The predicted octanol–water partition coefficient (Wildman–Crippen LogP) is 5.30. The van der Waals surface area contributed by atoms with Gasteiger partial charge in [0.05, 0.1) is 10.7 Å². The van der Waals surface area contributed by atoms with Crippen LogP contribution in [0.15, 0.2) is 30.3 Å². The van der Waals surface area contributed by atoms with Crippen molar-refractivity contribution in [2.75, 3.05) is 16.8 Å². The van der Waals surface area contributed by atoms with Gasteiger partial charge in [0, 0.05) is 30.6 Å². The number of carbonyl (C=O) groups excluding carboxylic acids is 2. The maximum absolute atomic E-state index is 12.3. The molecule has 0 aliphatic carbocycles. The Hall–Kier alpha value is -2.04. The molecule has 1 N–H and O–H groups in total. The van der Waals surface area contributed by atoms with E-state index in [-0.39, 0.29) is 24.8 Å². The van der Waals surface area contributed by atoms with Gasteiger partial charge in [0.1, 0.15) is 0 Å². The maximum Gasteiger partial charge on any atom is 0.226 e. The molecule has 0 aromatic heterocycles. The van der Waals surface area contributed by atoms with Crippen LogP contribution in [0.25, 0.3) is 0 Å². The number of benzene rings is 2. The molecule has 0 radical (unpaired) electrons. The molecule has 0 atom stereocenters. The van der Waals surface area contributed by atoms with Gasteiger partial charge in [-0.15, -0.1) is 0 Å². The summed E-state index contributed by atoms with van der Waals surface area (Å²) in [5, 5.41) is 3.90. The molecule has 0 saturated heterocycles. The average Bonchev–Trinajstić information content (AvgIpc) is 2.52. The molecule has 0 saturated carbocycles. The van der Waals surface area contributed by atoms with Gasteiger partial charge in [0.15, 0.2) is 0 Å². The fourth-order valence-electron chi connectivity index (χ4n) is 2.78. The Kier molecular flexibility index (Phi) is 6.68. The maximum atomic E-state index is 12.3. The fraction of sp³-hybridized carbons (Fsp3) is 0.300. The van der Waals surface area contributed by atoms with Crippen LogP contribution in [0.2, 0.25) is 10.0 Å². The van der Waals surface area contributed by atoms with E-state index in [0.29, 0.717) is 21.4 Å². The monoisotopic (exact) mass is 392 g/mol. The SMILES string of the molecule is CC(=O)N(CCC(=O)Nc1ccc(C)c(Cl)c1)c1c(C)cc(C)cc1Cl. The standard InChI is InChI=1S/C20H22Cl2N2O2/c1-12-9-14(3)20(18(22)10-12)24(15(4)25)8-7-19(26)23-16-6-5-13(2)17(21)11-16/h5-6,9-11H,7-8H2,1-4H3,(H,23,26). The smallest absolute Gasteiger partial charge is 0.226 e. The topological polar surface area (TPSA) is 49.4 Å². The van der Waals surface area contributed by atoms with Crippen LogP contribution < -0.4 is 10.2 Å². The van der Waals surface area contributed by atoms with Gasteiger partial charge in [-0.1, -0.05) is 35.3 Å². The lowest BCUT2D eigenvalue weighted by atomic mass is 10.1. The van der Waals surface area contributed by atoms with Crippen molar-refractivity contribution < 1.29 is 9.59 Å². The minimum Gasteiger partial charge on any atom is -0.326 e. The van der Waals surface area contributed by atoms with Gasteiger partial charge < -0.3 is 10.2 Å². The van der Waals surface area contributed by atoms with Gasteiger partial charge >= 0.3 is 0 Å². The van der Waals surface area contributed by atoms with Crippen LogP contribution in [-0.4, -0.2) is 18.4 Å².